The summed E-state index contributed by atoms with van der Waals surface area (Å²) in [5.41, 5.74) is 0.859. The average Bonchev–Trinajstić information content (AvgIpc) is 3.20. The highest BCUT2D eigenvalue weighted by Crippen LogP contribution is 2.25. The molecule has 2 fully saturated rings. The minimum absolute atomic E-state index is 0.418. The normalized spacial score (nSPS) is 20.9. The summed E-state index contributed by atoms with van der Waals surface area (Å²) in [5.74, 6) is 0. The van der Waals surface area contributed by atoms with E-state index in [1.807, 2.05) is 12.1 Å². The van der Waals surface area contributed by atoms with Gasteiger partial charge in [-0.15, -0.1) is 11.3 Å². The van der Waals surface area contributed by atoms with Gasteiger partial charge in [-0.25, -0.2) is 16.8 Å². The first-order chi connectivity index (χ1) is 15.2. The van der Waals surface area contributed by atoms with Crippen LogP contribution in [-0.2, 0) is 26.4 Å². The second-order valence-corrected chi connectivity index (χ2v) is 13.7. The Morgan fingerprint density at radius 1 is 0.906 bits per heavy atom. The fourth-order valence-electron chi connectivity index (χ4n) is 4.74. The highest BCUT2D eigenvalue weighted by molar-refractivity contribution is 7.91. The first-order valence-corrected chi connectivity index (χ1v) is 15.2. The molecule has 0 amide bonds. The molecular formula is C22H31N3O4S3. The van der Waals surface area contributed by atoms with Crippen LogP contribution in [0.5, 0.6) is 0 Å². The first-order valence-electron chi connectivity index (χ1n) is 11.0. The van der Waals surface area contributed by atoms with Crippen LogP contribution in [0.1, 0.15) is 24.8 Å². The number of sulfonamides is 1. The fraction of sp³-hybridized carbons (Fsp3) is 0.545. The molecule has 2 aromatic rings. The Labute approximate surface area is 195 Å². The van der Waals surface area contributed by atoms with E-state index >= 15 is 0 Å². The average molecular weight is 498 g/mol. The molecule has 0 N–H and O–H groups in total. The predicted molar refractivity (Wildman–Crippen MR) is 127 cm³/mol. The minimum Gasteiger partial charge on any atom is -0.299 e. The van der Waals surface area contributed by atoms with Gasteiger partial charge in [0.2, 0.25) is 0 Å². The highest BCUT2D eigenvalue weighted by Gasteiger charge is 2.31. The van der Waals surface area contributed by atoms with Crippen LogP contribution in [0.2, 0.25) is 0 Å². The van der Waals surface area contributed by atoms with E-state index in [1.54, 1.807) is 34.0 Å². The summed E-state index contributed by atoms with van der Waals surface area (Å²) in [7, 11) is -6.63. The van der Waals surface area contributed by atoms with Gasteiger partial charge in [0.05, 0.1) is 4.90 Å². The summed E-state index contributed by atoms with van der Waals surface area (Å²) < 4.78 is 52.0. The molecule has 1 aromatic carbocycles. The van der Waals surface area contributed by atoms with Crippen molar-refractivity contribution in [1.82, 2.24) is 14.1 Å². The maximum atomic E-state index is 12.9. The predicted octanol–water partition coefficient (Wildman–Crippen LogP) is 2.51. The Hall–Kier alpha value is -1.30. The Morgan fingerprint density at radius 3 is 2.34 bits per heavy atom. The van der Waals surface area contributed by atoms with Crippen molar-refractivity contribution in [3.63, 3.8) is 0 Å². The standard InChI is InChI=1S/C22H31N3O4S3/c1-31(26,27)21-7-3-2-6-19(21)18-23-13-9-20(10-14-23)24-11-5-12-25(16-15-24)32(28,29)22-8-4-17-30-22/h2-4,6-8,17,20H,5,9-16,18H2,1H3. The van der Waals surface area contributed by atoms with Crippen LogP contribution in [0.25, 0.3) is 0 Å². The number of nitrogens with zero attached hydrogens (tertiary/aromatic N) is 3. The summed E-state index contributed by atoms with van der Waals surface area (Å²) in [6, 6.07) is 11.2. The first kappa shape index (κ1) is 23.8. The van der Waals surface area contributed by atoms with Crippen molar-refractivity contribution in [1.29, 1.82) is 0 Å². The number of likely N-dealkylation sites (tertiary alicyclic amines) is 1. The highest BCUT2D eigenvalue weighted by atomic mass is 32.2. The van der Waals surface area contributed by atoms with Gasteiger partial charge >= 0.3 is 0 Å². The number of hydrogen-bond acceptors (Lipinski definition) is 7. The Bertz CT molecular complexity index is 1110. The van der Waals surface area contributed by atoms with E-state index in [9.17, 15) is 16.8 Å². The number of benzene rings is 1. The van der Waals surface area contributed by atoms with Crippen LogP contribution < -0.4 is 0 Å². The third-order valence-electron chi connectivity index (χ3n) is 6.42. The van der Waals surface area contributed by atoms with E-state index in [-0.39, 0.29) is 0 Å². The van der Waals surface area contributed by atoms with Crippen LogP contribution in [0.3, 0.4) is 0 Å². The fourth-order valence-corrected chi connectivity index (χ4v) is 8.29. The summed E-state index contributed by atoms with van der Waals surface area (Å²) in [5, 5.41) is 1.80. The molecule has 7 nitrogen and oxygen atoms in total. The lowest BCUT2D eigenvalue weighted by Gasteiger charge is -2.38. The molecule has 0 radical (unpaired) electrons. The smallest absolute Gasteiger partial charge is 0.252 e. The molecule has 176 valence electrons. The topological polar surface area (TPSA) is 78.0 Å². The lowest BCUT2D eigenvalue weighted by molar-refractivity contribution is 0.108. The number of rotatable bonds is 6. The third-order valence-corrected chi connectivity index (χ3v) is 10.9. The largest absolute Gasteiger partial charge is 0.299 e. The van der Waals surface area contributed by atoms with Crippen LogP contribution in [0.4, 0.5) is 0 Å². The molecule has 0 bridgehead atoms. The van der Waals surface area contributed by atoms with Crippen LogP contribution in [0.15, 0.2) is 50.9 Å². The molecule has 0 unspecified atom stereocenters. The minimum atomic E-state index is -3.39. The zero-order valence-corrected chi connectivity index (χ0v) is 20.8. The Balaban J connectivity index is 1.33. The van der Waals surface area contributed by atoms with E-state index in [4.69, 9.17) is 0 Å². The van der Waals surface area contributed by atoms with E-state index in [0.717, 1.165) is 51.0 Å². The number of sulfone groups is 1. The second kappa shape index (κ2) is 9.90. The van der Waals surface area contributed by atoms with Crippen molar-refractivity contribution < 1.29 is 16.8 Å². The second-order valence-electron chi connectivity index (χ2n) is 8.61. The van der Waals surface area contributed by atoms with Gasteiger partial charge in [0.1, 0.15) is 4.21 Å². The van der Waals surface area contributed by atoms with Gasteiger partial charge in [-0.05, 0) is 62.0 Å². The summed E-state index contributed by atoms with van der Waals surface area (Å²) in [6.45, 7) is 5.24. The lowest BCUT2D eigenvalue weighted by atomic mass is 10.0. The van der Waals surface area contributed by atoms with E-state index < -0.39 is 19.9 Å². The van der Waals surface area contributed by atoms with Gasteiger partial charge < -0.3 is 0 Å². The van der Waals surface area contributed by atoms with Crippen molar-refractivity contribution >= 4 is 31.2 Å². The lowest BCUT2D eigenvalue weighted by Crippen LogP contribution is -2.46. The van der Waals surface area contributed by atoms with E-state index in [2.05, 4.69) is 9.80 Å². The molecule has 4 rings (SSSR count). The summed E-state index contributed by atoms with van der Waals surface area (Å²) >= 11 is 1.28. The molecule has 2 aliphatic heterocycles. The molecule has 0 atom stereocenters. The molecule has 2 saturated heterocycles. The zero-order valence-electron chi connectivity index (χ0n) is 18.4. The molecule has 0 saturated carbocycles. The van der Waals surface area contributed by atoms with Crippen LogP contribution >= 0.6 is 11.3 Å². The van der Waals surface area contributed by atoms with Crippen molar-refractivity contribution in [2.75, 3.05) is 45.5 Å². The number of piperidine rings is 1. The molecule has 10 heteroatoms. The molecule has 3 heterocycles. The SMILES string of the molecule is CS(=O)(=O)c1ccccc1CN1CCC(N2CCCN(S(=O)(=O)c3cccs3)CC2)CC1. The van der Waals surface area contributed by atoms with Gasteiger partial charge in [-0.1, -0.05) is 24.3 Å². The van der Waals surface area contributed by atoms with Crippen LogP contribution in [-0.4, -0.2) is 82.5 Å². The number of hydrogen-bond donors (Lipinski definition) is 0. The van der Waals surface area contributed by atoms with Gasteiger partial charge in [0.25, 0.3) is 10.0 Å². The summed E-state index contributed by atoms with van der Waals surface area (Å²) in [4.78, 5) is 5.19. The molecule has 2 aliphatic rings. The Kier molecular flexibility index (Phi) is 7.38. The van der Waals surface area contributed by atoms with Crippen molar-refractivity contribution in [2.24, 2.45) is 0 Å². The maximum Gasteiger partial charge on any atom is 0.252 e. The van der Waals surface area contributed by atoms with E-state index in [0.29, 0.717) is 34.8 Å². The maximum absolute atomic E-state index is 12.9. The van der Waals surface area contributed by atoms with Crippen LogP contribution in [0, 0.1) is 0 Å². The molecule has 1 aromatic heterocycles. The van der Waals surface area contributed by atoms with Gasteiger partial charge in [-0.2, -0.15) is 4.31 Å². The van der Waals surface area contributed by atoms with Crippen molar-refractivity contribution in [2.45, 2.75) is 41.0 Å². The van der Waals surface area contributed by atoms with Gasteiger partial charge in [0.15, 0.2) is 9.84 Å². The van der Waals surface area contributed by atoms with E-state index in [1.165, 1.54) is 17.6 Å². The summed E-state index contributed by atoms with van der Waals surface area (Å²) in [6.07, 6.45) is 4.13. The number of thiophene rings is 1. The third kappa shape index (κ3) is 5.43. The molecule has 0 aliphatic carbocycles. The Morgan fingerprint density at radius 2 is 1.66 bits per heavy atom. The van der Waals surface area contributed by atoms with Crippen molar-refractivity contribution in [3.8, 4) is 0 Å². The zero-order chi connectivity index (χ0) is 22.8. The monoisotopic (exact) mass is 497 g/mol. The van der Waals surface area contributed by atoms with Gasteiger partial charge in [0, 0.05) is 38.5 Å². The molecular weight excluding hydrogens is 466 g/mol. The quantitative estimate of drug-likeness (QED) is 0.610. The molecule has 0 spiro atoms. The van der Waals surface area contributed by atoms with Crippen molar-refractivity contribution in [3.05, 3.63) is 47.3 Å². The van der Waals surface area contributed by atoms with Gasteiger partial charge in [-0.3, -0.25) is 9.80 Å². The molecule has 32 heavy (non-hydrogen) atoms.